The first kappa shape index (κ1) is 14.4. The maximum atomic E-state index is 13.1. The average molecular weight is 307 g/mol. The lowest BCUT2D eigenvalue weighted by Crippen LogP contribution is -2.34. The van der Waals surface area contributed by atoms with Gasteiger partial charge in [-0.15, -0.1) is 0 Å². The van der Waals surface area contributed by atoms with E-state index in [9.17, 15) is 9.59 Å². The van der Waals surface area contributed by atoms with Crippen LogP contribution in [0.5, 0.6) is 0 Å². The molecule has 4 atom stereocenters. The van der Waals surface area contributed by atoms with E-state index in [0.717, 1.165) is 16.8 Å². The third kappa shape index (κ3) is 1.71. The van der Waals surface area contributed by atoms with Gasteiger partial charge >= 0.3 is 0 Å². The molecule has 1 saturated heterocycles. The van der Waals surface area contributed by atoms with Crippen molar-refractivity contribution in [2.75, 3.05) is 4.90 Å². The molecule has 1 saturated carbocycles. The van der Waals surface area contributed by atoms with E-state index in [1.165, 1.54) is 16.0 Å². The lowest BCUT2D eigenvalue weighted by atomic mass is 9.85. The molecule has 1 heterocycles. The summed E-state index contributed by atoms with van der Waals surface area (Å²) in [6.45, 7) is 8.16. The molecule has 2 fully saturated rings. The zero-order valence-electron chi connectivity index (χ0n) is 14.0. The number of benzene rings is 1. The molecule has 0 radical (unpaired) electrons. The number of nitrogens with zero attached hydrogens (tertiary/aromatic N) is 1. The Morgan fingerprint density at radius 1 is 0.957 bits per heavy atom. The Labute approximate surface area is 136 Å². The molecule has 0 N–H and O–H groups in total. The van der Waals surface area contributed by atoms with Gasteiger partial charge in [0, 0.05) is 11.8 Å². The maximum Gasteiger partial charge on any atom is 0.238 e. The molecule has 23 heavy (non-hydrogen) atoms. The van der Waals surface area contributed by atoms with Gasteiger partial charge in [0.25, 0.3) is 0 Å². The van der Waals surface area contributed by atoms with Crippen LogP contribution >= 0.6 is 0 Å². The number of carbonyl (C=O) groups is 2. The Morgan fingerprint density at radius 3 is 2.04 bits per heavy atom. The molecular formula is C20H21NO2. The first-order valence-corrected chi connectivity index (χ1v) is 8.23. The normalized spacial score (nSPS) is 31.3. The molecule has 118 valence electrons. The van der Waals surface area contributed by atoms with Crippen LogP contribution < -0.4 is 4.90 Å². The second kappa shape index (κ2) is 4.67. The molecule has 2 aliphatic carbocycles. The summed E-state index contributed by atoms with van der Waals surface area (Å²) < 4.78 is 0. The molecule has 1 aromatic carbocycles. The van der Waals surface area contributed by atoms with Crippen LogP contribution in [0.1, 0.15) is 25.0 Å². The van der Waals surface area contributed by atoms with Crippen molar-refractivity contribution in [1.82, 2.24) is 0 Å². The van der Waals surface area contributed by atoms with Crippen LogP contribution in [0.15, 0.2) is 41.5 Å². The average Bonchev–Trinajstić information content (AvgIpc) is 3.13. The maximum absolute atomic E-state index is 13.1. The molecule has 0 unspecified atom stereocenters. The molecule has 3 heteroatoms. The number of hydrogen-bond donors (Lipinski definition) is 0. The number of fused-ring (bicyclic) bond motifs is 5. The summed E-state index contributed by atoms with van der Waals surface area (Å²) >= 11 is 0. The van der Waals surface area contributed by atoms with Gasteiger partial charge in [0.15, 0.2) is 0 Å². The molecular weight excluding hydrogens is 286 g/mol. The molecule has 3 aliphatic rings. The van der Waals surface area contributed by atoms with E-state index in [-0.39, 0.29) is 35.5 Å². The van der Waals surface area contributed by atoms with E-state index in [2.05, 4.69) is 26.0 Å². The SMILES string of the molecule is CC(C)=C1[C@H]2C=C[C@H]1[C@H]1C(=O)N(c3cccc(C)c3C)C(=O)[C@@H]12. The number of aryl methyl sites for hydroxylation is 1. The number of anilines is 1. The van der Waals surface area contributed by atoms with Crippen LogP contribution in [0.25, 0.3) is 0 Å². The highest BCUT2D eigenvalue weighted by Gasteiger charge is 2.62. The smallest absolute Gasteiger partial charge is 0.238 e. The first-order valence-electron chi connectivity index (χ1n) is 8.23. The van der Waals surface area contributed by atoms with Gasteiger partial charge in [0.2, 0.25) is 11.8 Å². The fourth-order valence-corrected chi connectivity index (χ4v) is 4.65. The van der Waals surface area contributed by atoms with Crippen molar-refractivity contribution in [3.05, 3.63) is 52.6 Å². The largest absolute Gasteiger partial charge is 0.274 e. The summed E-state index contributed by atoms with van der Waals surface area (Å²) in [4.78, 5) is 27.6. The van der Waals surface area contributed by atoms with Gasteiger partial charge in [-0.25, -0.2) is 4.90 Å². The summed E-state index contributed by atoms with van der Waals surface area (Å²) in [5.74, 6) is -0.235. The third-order valence-corrected chi connectivity index (χ3v) is 5.81. The third-order valence-electron chi connectivity index (χ3n) is 5.81. The van der Waals surface area contributed by atoms with Gasteiger partial charge in [-0.05, 0) is 44.9 Å². The number of rotatable bonds is 1. The molecule has 4 rings (SSSR count). The van der Waals surface area contributed by atoms with Crippen molar-refractivity contribution in [3.63, 3.8) is 0 Å². The van der Waals surface area contributed by atoms with Crippen LogP contribution in [0.4, 0.5) is 5.69 Å². The Bertz CT molecular complexity index is 764. The minimum absolute atomic E-state index is 0.0238. The highest BCUT2D eigenvalue weighted by atomic mass is 16.2. The molecule has 2 amide bonds. The number of carbonyl (C=O) groups excluding carboxylic acids is 2. The van der Waals surface area contributed by atoms with Gasteiger partial charge in [-0.3, -0.25) is 9.59 Å². The summed E-state index contributed by atoms with van der Waals surface area (Å²) in [6, 6.07) is 5.81. The van der Waals surface area contributed by atoms with Crippen molar-refractivity contribution in [2.45, 2.75) is 27.7 Å². The molecule has 1 aromatic rings. The van der Waals surface area contributed by atoms with Crippen molar-refractivity contribution < 1.29 is 9.59 Å². The summed E-state index contributed by atoms with van der Waals surface area (Å²) in [5.41, 5.74) is 5.41. The molecule has 0 spiro atoms. The Balaban J connectivity index is 1.80. The van der Waals surface area contributed by atoms with Gasteiger partial charge in [0.1, 0.15) is 0 Å². The zero-order valence-corrected chi connectivity index (χ0v) is 14.0. The van der Waals surface area contributed by atoms with Crippen LogP contribution in [0.2, 0.25) is 0 Å². The van der Waals surface area contributed by atoms with Gasteiger partial charge in [0.05, 0.1) is 17.5 Å². The number of amides is 2. The Morgan fingerprint density at radius 2 is 1.52 bits per heavy atom. The lowest BCUT2D eigenvalue weighted by molar-refractivity contribution is -0.122. The van der Waals surface area contributed by atoms with Crippen molar-refractivity contribution in [3.8, 4) is 0 Å². The summed E-state index contributed by atoms with van der Waals surface area (Å²) in [5, 5.41) is 0. The highest BCUT2D eigenvalue weighted by molar-refractivity contribution is 6.23. The fraction of sp³-hybridized carbons (Fsp3) is 0.400. The Hall–Kier alpha value is -2.16. The van der Waals surface area contributed by atoms with Crippen molar-refractivity contribution >= 4 is 17.5 Å². The standard InChI is InChI=1S/C20H21NO2/c1-10(2)16-13-8-9-14(16)18-17(13)19(22)21(20(18)23)15-7-5-6-11(3)12(15)4/h5-9,13-14,17-18H,1-4H3/t13-,14-,17-,18-/m1/s1. The quantitative estimate of drug-likeness (QED) is 0.587. The number of allylic oxidation sites excluding steroid dienone is 4. The van der Waals surface area contributed by atoms with Gasteiger partial charge < -0.3 is 0 Å². The summed E-state index contributed by atoms with van der Waals surface area (Å²) in [7, 11) is 0. The number of imide groups is 1. The van der Waals surface area contributed by atoms with E-state index >= 15 is 0 Å². The highest BCUT2D eigenvalue weighted by Crippen LogP contribution is 2.57. The van der Waals surface area contributed by atoms with Crippen LogP contribution in [-0.2, 0) is 9.59 Å². The van der Waals surface area contributed by atoms with Gasteiger partial charge in [-0.2, -0.15) is 0 Å². The van der Waals surface area contributed by atoms with E-state index in [1.54, 1.807) is 0 Å². The predicted molar refractivity (Wildman–Crippen MR) is 89.9 cm³/mol. The van der Waals surface area contributed by atoms with E-state index in [4.69, 9.17) is 0 Å². The van der Waals surface area contributed by atoms with E-state index < -0.39 is 0 Å². The lowest BCUT2D eigenvalue weighted by Gasteiger charge is -2.21. The fourth-order valence-electron chi connectivity index (χ4n) is 4.65. The minimum Gasteiger partial charge on any atom is -0.274 e. The van der Waals surface area contributed by atoms with Crippen molar-refractivity contribution in [2.24, 2.45) is 23.7 Å². The second-order valence-corrected chi connectivity index (χ2v) is 7.17. The first-order chi connectivity index (χ1) is 10.9. The minimum atomic E-state index is -0.206. The van der Waals surface area contributed by atoms with Gasteiger partial charge in [-0.1, -0.05) is 35.4 Å². The van der Waals surface area contributed by atoms with E-state index in [1.807, 2.05) is 32.0 Å². The van der Waals surface area contributed by atoms with Crippen LogP contribution in [0, 0.1) is 37.5 Å². The second-order valence-electron chi connectivity index (χ2n) is 7.17. The molecule has 1 aliphatic heterocycles. The molecule has 3 nitrogen and oxygen atoms in total. The summed E-state index contributed by atoms with van der Waals surface area (Å²) in [6.07, 6.45) is 4.26. The topological polar surface area (TPSA) is 37.4 Å². The van der Waals surface area contributed by atoms with Crippen LogP contribution in [0.3, 0.4) is 0 Å². The monoisotopic (exact) mass is 307 g/mol. The van der Waals surface area contributed by atoms with E-state index in [0.29, 0.717) is 0 Å². The predicted octanol–water partition coefficient (Wildman–Crippen LogP) is 3.56. The molecule has 2 bridgehead atoms. The zero-order chi connectivity index (χ0) is 16.5. The number of hydrogen-bond acceptors (Lipinski definition) is 2. The van der Waals surface area contributed by atoms with Crippen molar-refractivity contribution in [1.29, 1.82) is 0 Å². The Kier molecular flexibility index (Phi) is 2.93. The van der Waals surface area contributed by atoms with Crippen LogP contribution in [-0.4, -0.2) is 11.8 Å². The molecule has 0 aromatic heterocycles.